The van der Waals surface area contributed by atoms with Crippen molar-refractivity contribution in [2.45, 2.75) is 19.3 Å². The summed E-state index contributed by atoms with van der Waals surface area (Å²) < 4.78 is 13.5. The largest absolute Gasteiger partial charge is 0.339 e. The van der Waals surface area contributed by atoms with E-state index < -0.39 is 0 Å². The molecule has 21 heavy (non-hydrogen) atoms. The molecule has 0 bridgehead atoms. The normalized spacial score (nSPS) is 15.7. The van der Waals surface area contributed by atoms with E-state index in [2.05, 4.69) is 21.2 Å². The van der Waals surface area contributed by atoms with Gasteiger partial charge in [0.1, 0.15) is 5.82 Å². The molecule has 0 aromatic heterocycles. The summed E-state index contributed by atoms with van der Waals surface area (Å²) in [5, 5.41) is 3.17. The van der Waals surface area contributed by atoms with Crippen LogP contribution in [-0.4, -0.2) is 37.5 Å². The molecule has 1 amide bonds. The smallest absolute Gasteiger partial charge is 0.253 e. The molecule has 0 saturated carbocycles. The van der Waals surface area contributed by atoms with E-state index in [9.17, 15) is 9.18 Å². The zero-order valence-corrected chi connectivity index (χ0v) is 14.5. The third-order valence-corrected chi connectivity index (χ3v) is 4.48. The molecule has 0 unspecified atom stereocenters. The number of likely N-dealkylation sites (tertiary alicyclic amines) is 1. The lowest BCUT2D eigenvalue weighted by atomic mass is 9.93. The van der Waals surface area contributed by atoms with Crippen LogP contribution in [0.5, 0.6) is 0 Å². The highest BCUT2D eigenvalue weighted by atomic mass is 79.9. The summed E-state index contributed by atoms with van der Waals surface area (Å²) in [7, 11) is 1.96. The number of carbonyl (C=O) groups excluding carboxylic acids is 1. The van der Waals surface area contributed by atoms with Gasteiger partial charge in [0.15, 0.2) is 0 Å². The van der Waals surface area contributed by atoms with Crippen molar-refractivity contribution in [2.75, 3.05) is 26.7 Å². The average Bonchev–Trinajstić information content (AvgIpc) is 2.48. The van der Waals surface area contributed by atoms with Gasteiger partial charge < -0.3 is 10.2 Å². The molecule has 0 atom stereocenters. The van der Waals surface area contributed by atoms with Crippen molar-refractivity contribution >= 4 is 34.2 Å². The van der Waals surface area contributed by atoms with Crippen LogP contribution in [-0.2, 0) is 0 Å². The Labute approximate surface area is 139 Å². The van der Waals surface area contributed by atoms with Crippen LogP contribution in [0.4, 0.5) is 4.39 Å². The zero-order valence-electron chi connectivity index (χ0n) is 12.1. The first-order valence-corrected chi connectivity index (χ1v) is 7.80. The van der Waals surface area contributed by atoms with E-state index in [4.69, 9.17) is 0 Å². The maximum atomic E-state index is 13.2. The number of hydrogen-bond acceptors (Lipinski definition) is 2. The molecule has 1 aliphatic rings. The minimum Gasteiger partial charge on any atom is -0.339 e. The molecule has 1 saturated heterocycles. The fourth-order valence-corrected chi connectivity index (χ4v) is 2.96. The lowest BCUT2D eigenvalue weighted by Gasteiger charge is -2.32. The van der Waals surface area contributed by atoms with Crippen LogP contribution in [0, 0.1) is 11.7 Å². The molecule has 1 N–H and O–H groups in total. The number of hydrogen-bond donors (Lipinski definition) is 1. The van der Waals surface area contributed by atoms with Crippen molar-refractivity contribution < 1.29 is 9.18 Å². The average molecular weight is 380 g/mol. The maximum absolute atomic E-state index is 13.2. The van der Waals surface area contributed by atoms with E-state index in [0.717, 1.165) is 32.5 Å². The Balaban J connectivity index is 0.00000220. The van der Waals surface area contributed by atoms with Gasteiger partial charge in [-0.2, -0.15) is 0 Å². The summed E-state index contributed by atoms with van der Waals surface area (Å²) >= 11 is 3.12. The van der Waals surface area contributed by atoms with Crippen LogP contribution in [0.2, 0.25) is 0 Å². The molecule has 1 aromatic carbocycles. The predicted octanol–water partition coefficient (Wildman–Crippen LogP) is 3.47. The van der Waals surface area contributed by atoms with Crippen LogP contribution in [0.25, 0.3) is 0 Å². The van der Waals surface area contributed by atoms with Gasteiger partial charge in [0.25, 0.3) is 5.91 Å². The first kappa shape index (κ1) is 18.4. The predicted molar refractivity (Wildman–Crippen MR) is 88.5 cm³/mol. The molecule has 118 valence electrons. The topological polar surface area (TPSA) is 32.3 Å². The van der Waals surface area contributed by atoms with E-state index in [1.54, 1.807) is 12.1 Å². The highest BCUT2D eigenvalue weighted by molar-refractivity contribution is 9.10. The molecule has 1 aliphatic heterocycles. The third-order valence-electron chi connectivity index (χ3n) is 3.87. The van der Waals surface area contributed by atoms with Crippen LogP contribution < -0.4 is 5.32 Å². The number of piperidine rings is 1. The summed E-state index contributed by atoms with van der Waals surface area (Å²) in [6.45, 7) is 2.62. The molecule has 0 radical (unpaired) electrons. The first-order chi connectivity index (χ1) is 9.61. The van der Waals surface area contributed by atoms with E-state index >= 15 is 0 Å². The van der Waals surface area contributed by atoms with Gasteiger partial charge in [0.05, 0.1) is 4.47 Å². The Morgan fingerprint density at radius 2 is 2.10 bits per heavy atom. The van der Waals surface area contributed by atoms with Crippen molar-refractivity contribution in [3.8, 4) is 0 Å². The van der Waals surface area contributed by atoms with Gasteiger partial charge in [-0.25, -0.2) is 4.39 Å². The number of rotatable bonds is 4. The molecule has 0 aliphatic carbocycles. The van der Waals surface area contributed by atoms with Crippen LogP contribution in [0.15, 0.2) is 22.7 Å². The van der Waals surface area contributed by atoms with Crippen molar-refractivity contribution in [3.05, 3.63) is 34.1 Å². The van der Waals surface area contributed by atoms with Crippen molar-refractivity contribution in [3.63, 3.8) is 0 Å². The van der Waals surface area contributed by atoms with Crippen molar-refractivity contribution in [1.82, 2.24) is 10.2 Å². The summed E-state index contributed by atoms with van der Waals surface area (Å²) in [6, 6.07) is 4.44. The second kappa shape index (κ2) is 8.71. The highest BCUT2D eigenvalue weighted by Gasteiger charge is 2.23. The van der Waals surface area contributed by atoms with Gasteiger partial charge in [-0.05, 0) is 72.9 Å². The van der Waals surface area contributed by atoms with Crippen LogP contribution in [0.1, 0.15) is 29.6 Å². The molecule has 1 fully saturated rings. The molecule has 6 heteroatoms. The maximum Gasteiger partial charge on any atom is 0.253 e. The van der Waals surface area contributed by atoms with Crippen molar-refractivity contribution in [1.29, 1.82) is 0 Å². The monoisotopic (exact) mass is 378 g/mol. The Kier molecular flexibility index (Phi) is 7.63. The summed E-state index contributed by atoms with van der Waals surface area (Å²) in [6.07, 6.45) is 3.27. The number of benzene rings is 1. The SMILES string of the molecule is CNCCC1CCN(C(=O)c2ccc(F)c(Br)c2)CC1.Cl. The van der Waals surface area contributed by atoms with Gasteiger partial charge in [0, 0.05) is 18.7 Å². The minimum atomic E-state index is -0.340. The lowest BCUT2D eigenvalue weighted by molar-refractivity contribution is 0.0687. The lowest BCUT2D eigenvalue weighted by Crippen LogP contribution is -2.39. The van der Waals surface area contributed by atoms with Crippen LogP contribution in [0.3, 0.4) is 0 Å². The molecule has 0 spiro atoms. The zero-order chi connectivity index (χ0) is 14.5. The number of nitrogens with zero attached hydrogens (tertiary/aromatic N) is 1. The fourth-order valence-electron chi connectivity index (χ4n) is 2.58. The van der Waals surface area contributed by atoms with Gasteiger partial charge in [0.2, 0.25) is 0 Å². The van der Waals surface area contributed by atoms with Gasteiger partial charge in [-0.3, -0.25) is 4.79 Å². The van der Waals surface area contributed by atoms with Gasteiger partial charge in [-0.15, -0.1) is 12.4 Å². The number of nitrogens with one attached hydrogen (secondary N) is 1. The summed E-state index contributed by atoms with van der Waals surface area (Å²) in [4.78, 5) is 14.2. The van der Waals surface area contributed by atoms with E-state index in [1.165, 1.54) is 12.5 Å². The second-order valence-corrected chi connectivity index (χ2v) is 6.11. The van der Waals surface area contributed by atoms with E-state index in [-0.39, 0.29) is 24.1 Å². The van der Waals surface area contributed by atoms with Crippen molar-refractivity contribution in [2.24, 2.45) is 5.92 Å². The van der Waals surface area contributed by atoms with Gasteiger partial charge >= 0.3 is 0 Å². The summed E-state index contributed by atoms with van der Waals surface area (Å²) in [5.74, 6) is 0.358. The van der Waals surface area contributed by atoms with E-state index in [0.29, 0.717) is 16.0 Å². The number of halogens is 3. The third kappa shape index (κ3) is 4.94. The Hall–Kier alpha value is -0.650. The Bertz CT molecular complexity index is 479. The van der Waals surface area contributed by atoms with Gasteiger partial charge in [-0.1, -0.05) is 0 Å². The Morgan fingerprint density at radius 3 is 2.67 bits per heavy atom. The summed E-state index contributed by atoms with van der Waals surface area (Å²) in [5.41, 5.74) is 0.548. The Morgan fingerprint density at radius 1 is 1.43 bits per heavy atom. The molecular weight excluding hydrogens is 359 g/mol. The first-order valence-electron chi connectivity index (χ1n) is 7.00. The molecule has 1 aromatic rings. The standard InChI is InChI=1S/C15H20BrFN2O.ClH/c1-18-7-4-11-5-8-19(9-6-11)15(20)12-2-3-14(17)13(16)10-12;/h2-3,10-11,18H,4-9H2,1H3;1H. The highest BCUT2D eigenvalue weighted by Crippen LogP contribution is 2.23. The molecular formula is C15H21BrClFN2O. The van der Waals surface area contributed by atoms with E-state index in [1.807, 2.05) is 11.9 Å². The van der Waals surface area contributed by atoms with Crippen LogP contribution >= 0.6 is 28.3 Å². The second-order valence-electron chi connectivity index (χ2n) is 5.26. The fraction of sp³-hybridized carbons (Fsp3) is 0.533. The molecule has 2 rings (SSSR count). The molecule has 3 nitrogen and oxygen atoms in total. The molecule has 1 heterocycles. The quantitative estimate of drug-likeness (QED) is 0.869. The number of carbonyl (C=O) groups is 1. The number of amides is 1. The minimum absolute atomic E-state index is 0.